The van der Waals surface area contributed by atoms with Crippen LogP contribution in [0.1, 0.15) is 5.56 Å². The molecular weight excluding hydrogens is 390 g/mol. The number of benzene rings is 1. The Morgan fingerprint density at radius 1 is 1.32 bits per heavy atom. The molecule has 0 saturated heterocycles. The van der Waals surface area contributed by atoms with Gasteiger partial charge < -0.3 is 11.2 Å². The Morgan fingerprint density at radius 2 is 2.18 bits per heavy atom. The van der Waals surface area contributed by atoms with Crippen LogP contribution in [0.4, 0.5) is 20.4 Å². The molecule has 0 saturated carbocycles. The zero-order chi connectivity index (χ0) is 19.9. The third-order valence-corrected chi connectivity index (χ3v) is 4.21. The molecule has 3 rings (SSSR count). The van der Waals surface area contributed by atoms with Crippen molar-refractivity contribution < 1.29 is 13.6 Å². The first-order valence-corrected chi connectivity index (χ1v) is 8.79. The predicted molar refractivity (Wildman–Crippen MR) is 101 cm³/mol. The lowest BCUT2D eigenvalue weighted by Gasteiger charge is -2.06. The highest BCUT2D eigenvalue weighted by Gasteiger charge is 2.13. The number of carbonyl (C=O) groups excluding carboxylic acids is 1. The van der Waals surface area contributed by atoms with E-state index in [0.29, 0.717) is 6.07 Å². The number of hydrogen-bond acceptors (Lipinski definition) is 8. The van der Waals surface area contributed by atoms with Crippen LogP contribution in [0.15, 0.2) is 53.0 Å². The predicted octanol–water partition coefficient (Wildman–Crippen LogP) is 1.84. The van der Waals surface area contributed by atoms with Gasteiger partial charge in [0.25, 0.3) is 5.95 Å². The molecule has 0 fully saturated rings. The Bertz CT molecular complexity index is 996. The lowest BCUT2D eigenvalue weighted by atomic mass is 10.3. The third-order valence-electron chi connectivity index (χ3n) is 3.26. The molecule has 0 unspecified atom stereocenters. The van der Waals surface area contributed by atoms with Gasteiger partial charge in [-0.3, -0.25) is 9.78 Å². The van der Waals surface area contributed by atoms with Crippen molar-refractivity contribution >= 4 is 35.5 Å². The van der Waals surface area contributed by atoms with Crippen molar-refractivity contribution in [3.8, 4) is 0 Å². The average molecular weight is 404 g/mol. The fourth-order valence-corrected chi connectivity index (χ4v) is 2.63. The maximum absolute atomic E-state index is 13.5. The van der Waals surface area contributed by atoms with Crippen LogP contribution in [0.25, 0.3) is 0 Å². The summed E-state index contributed by atoms with van der Waals surface area (Å²) in [6.07, 6.45) is 4.80. The second-order valence-electron chi connectivity index (χ2n) is 5.29. The first kappa shape index (κ1) is 19.2. The molecule has 0 atom stereocenters. The topological polar surface area (TPSA) is 123 Å². The van der Waals surface area contributed by atoms with E-state index in [9.17, 15) is 13.6 Å². The Morgan fingerprint density at radius 3 is 2.93 bits per heavy atom. The summed E-state index contributed by atoms with van der Waals surface area (Å²) in [4.78, 5) is 15.9. The standard InChI is InChI=1S/C16H14F2N8OS/c17-11-3-4-13(12(18)6-11)22-14(27)9-28-16-25-24-15(26(16)19)23-21-8-10-2-1-5-20-7-10/h1-8H,9,19H2,(H,22,27)(H,23,24)/b21-8+. The third kappa shape index (κ3) is 5.01. The van der Waals surface area contributed by atoms with Gasteiger partial charge >= 0.3 is 0 Å². The van der Waals surface area contributed by atoms with E-state index in [-0.39, 0.29) is 22.5 Å². The molecule has 9 nitrogen and oxygen atoms in total. The van der Waals surface area contributed by atoms with E-state index in [2.05, 4.69) is 31.0 Å². The van der Waals surface area contributed by atoms with Crippen LogP contribution in [0.2, 0.25) is 0 Å². The minimum atomic E-state index is -0.863. The van der Waals surface area contributed by atoms with Crippen LogP contribution in [-0.2, 0) is 4.79 Å². The first-order valence-electron chi connectivity index (χ1n) is 7.80. The number of pyridine rings is 1. The molecule has 0 radical (unpaired) electrons. The van der Waals surface area contributed by atoms with E-state index < -0.39 is 17.5 Å². The van der Waals surface area contributed by atoms with Gasteiger partial charge in [-0.2, -0.15) is 5.10 Å². The summed E-state index contributed by atoms with van der Waals surface area (Å²) in [6.45, 7) is 0. The maximum atomic E-state index is 13.5. The number of nitrogens with zero attached hydrogens (tertiary/aromatic N) is 5. The van der Waals surface area contributed by atoms with Crippen molar-refractivity contribution in [2.45, 2.75) is 5.16 Å². The smallest absolute Gasteiger partial charge is 0.264 e. The largest absolute Gasteiger partial charge is 0.334 e. The lowest BCUT2D eigenvalue weighted by molar-refractivity contribution is -0.113. The van der Waals surface area contributed by atoms with Crippen LogP contribution < -0.4 is 16.6 Å². The molecular formula is C16H14F2N8OS. The molecule has 0 aliphatic rings. The quantitative estimate of drug-likeness (QED) is 0.238. The molecule has 2 aromatic heterocycles. The van der Waals surface area contributed by atoms with Crippen molar-refractivity contribution in [1.29, 1.82) is 0 Å². The number of aromatic nitrogens is 4. The number of nitrogens with two attached hydrogens (primary N) is 1. The second-order valence-corrected chi connectivity index (χ2v) is 6.24. The van der Waals surface area contributed by atoms with Crippen molar-refractivity contribution in [1.82, 2.24) is 19.9 Å². The fourth-order valence-electron chi connectivity index (χ4n) is 1.98. The molecule has 0 aliphatic heterocycles. The summed E-state index contributed by atoms with van der Waals surface area (Å²) in [5.74, 6) is 3.80. The molecule has 0 spiro atoms. The van der Waals surface area contributed by atoms with Crippen molar-refractivity contribution in [2.24, 2.45) is 5.10 Å². The van der Waals surface area contributed by atoms with Gasteiger partial charge in [-0.25, -0.2) is 18.9 Å². The first-order chi connectivity index (χ1) is 13.5. The molecule has 0 aliphatic carbocycles. The highest BCUT2D eigenvalue weighted by Crippen LogP contribution is 2.19. The molecule has 2 heterocycles. The Kier molecular flexibility index (Phi) is 6.11. The molecule has 4 N–H and O–H groups in total. The number of anilines is 2. The Balaban J connectivity index is 1.53. The summed E-state index contributed by atoms with van der Waals surface area (Å²) in [5, 5.41) is 14.2. The van der Waals surface area contributed by atoms with Gasteiger partial charge in [-0.05, 0) is 18.2 Å². The van der Waals surface area contributed by atoms with Gasteiger partial charge in [0.1, 0.15) is 11.6 Å². The summed E-state index contributed by atoms with van der Waals surface area (Å²) < 4.78 is 27.5. The van der Waals surface area contributed by atoms with Gasteiger partial charge in [0, 0.05) is 24.0 Å². The van der Waals surface area contributed by atoms with Crippen molar-refractivity contribution in [3.05, 3.63) is 59.9 Å². The van der Waals surface area contributed by atoms with Crippen LogP contribution in [0.3, 0.4) is 0 Å². The Hall–Kier alpha value is -3.54. The zero-order valence-electron chi connectivity index (χ0n) is 14.2. The maximum Gasteiger partial charge on any atom is 0.264 e. The van der Waals surface area contributed by atoms with Crippen LogP contribution in [0.5, 0.6) is 0 Å². The lowest BCUT2D eigenvalue weighted by Crippen LogP contribution is -2.17. The van der Waals surface area contributed by atoms with E-state index in [0.717, 1.165) is 34.1 Å². The summed E-state index contributed by atoms with van der Waals surface area (Å²) in [6, 6.07) is 6.45. The normalized spacial score (nSPS) is 10.9. The molecule has 3 aromatic rings. The van der Waals surface area contributed by atoms with Gasteiger partial charge in [-0.1, -0.05) is 17.8 Å². The number of nitrogen functional groups attached to an aromatic ring is 1. The Labute approximate surface area is 162 Å². The van der Waals surface area contributed by atoms with Crippen molar-refractivity contribution in [2.75, 3.05) is 22.3 Å². The number of amides is 1. The van der Waals surface area contributed by atoms with Crippen LogP contribution >= 0.6 is 11.8 Å². The number of nitrogens with one attached hydrogen (secondary N) is 2. The highest BCUT2D eigenvalue weighted by atomic mass is 32.2. The molecule has 1 aromatic carbocycles. The number of halogens is 2. The fraction of sp³-hybridized carbons (Fsp3) is 0.0625. The van der Waals surface area contributed by atoms with E-state index >= 15 is 0 Å². The van der Waals surface area contributed by atoms with Crippen LogP contribution in [-0.4, -0.2) is 37.7 Å². The summed E-state index contributed by atoms with van der Waals surface area (Å²) >= 11 is 0.988. The molecule has 12 heteroatoms. The monoisotopic (exact) mass is 404 g/mol. The van der Waals surface area contributed by atoms with E-state index in [1.54, 1.807) is 18.5 Å². The minimum Gasteiger partial charge on any atom is -0.334 e. The number of hydrazone groups is 1. The molecule has 144 valence electrons. The second kappa shape index (κ2) is 8.90. The van der Waals surface area contributed by atoms with Crippen molar-refractivity contribution in [3.63, 3.8) is 0 Å². The van der Waals surface area contributed by atoms with Gasteiger partial charge in [0.15, 0.2) is 0 Å². The number of thioether (sulfide) groups is 1. The minimum absolute atomic E-state index is 0.106. The summed E-state index contributed by atoms with van der Waals surface area (Å²) in [7, 11) is 0. The molecule has 0 bridgehead atoms. The number of rotatable bonds is 7. The highest BCUT2D eigenvalue weighted by molar-refractivity contribution is 7.99. The van der Waals surface area contributed by atoms with E-state index in [4.69, 9.17) is 5.84 Å². The van der Waals surface area contributed by atoms with Gasteiger partial charge in [0.05, 0.1) is 17.7 Å². The van der Waals surface area contributed by atoms with Gasteiger partial charge in [-0.15, -0.1) is 10.2 Å². The summed E-state index contributed by atoms with van der Waals surface area (Å²) in [5.41, 5.74) is 3.29. The number of carbonyl (C=O) groups is 1. The van der Waals surface area contributed by atoms with Gasteiger partial charge in [0.2, 0.25) is 11.1 Å². The molecule has 28 heavy (non-hydrogen) atoms. The van der Waals surface area contributed by atoms with Crippen LogP contribution in [0, 0.1) is 11.6 Å². The average Bonchev–Trinajstić information content (AvgIpc) is 3.03. The molecule has 1 amide bonds. The van der Waals surface area contributed by atoms with E-state index in [1.807, 2.05) is 6.07 Å². The number of hydrogen-bond donors (Lipinski definition) is 3. The van der Waals surface area contributed by atoms with E-state index in [1.165, 1.54) is 6.21 Å². The SMILES string of the molecule is Nn1c(N/N=C/c2cccnc2)nnc1SCC(=O)Nc1ccc(F)cc1F. The zero-order valence-corrected chi connectivity index (χ0v) is 15.0.